The van der Waals surface area contributed by atoms with Gasteiger partial charge in [0.25, 0.3) is 0 Å². The summed E-state index contributed by atoms with van der Waals surface area (Å²) in [6.45, 7) is 0.272. The summed E-state index contributed by atoms with van der Waals surface area (Å²) in [6.07, 6.45) is 5.18. The topological polar surface area (TPSA) is 55.1 Å². The first-order chi connectivity index (χ1) is 7.24. The molecule has 0 bridgehead atoms. The van der Waals surface area contributed by atoms with Crippen molar-refractivity contribution in [3.8, 4) is 12.3 Å². The molecule has 1 N–H and O–H groups in total. The second kappa shape index (κ2) is 3.46. The number of hydrogen-bond acceptors (Lipinski definition) is 2. The van der Waals surface area contributed by atoms with Gasteiger partial charge in [-0.05, 0) is 6.07 Å². The Labute approximate surface area is 86.1 Å². The lowest BCUT2D eigenvalue weighted by atomic mass is 10.2. The third kappa shape index (κ3) is 1.44. The van der Waals surface area contributed by atoms with Crippen LogP contribution in [0.5, 0.6) is 0 Å². The fraction of sp³-hybridized carbons (Fsp3) is 0.0909. The molecule has 0 aliphatic heterocycles. The Bertz CT molecular complexity index is 563. The summed E-state index contributed by atoms with van der Waals surface area (Å²) in [5, 5.41) is 13.5. The zero-order chi connectivity index (χ0) is 10.8. The first-order valence-corrected chi connectivity index (χ1v) is 4.36. The smallest absolute Gasteiger partial charge is 0.357 e. The Balaban J connectivity index is 2.74. The van der Waals surface area contributed by atoms with E-state index in [1.165, 1.54) is 4.68 Å². The average Bonchev–Trinajstić information content (AvgIpc) is 2.59. The lowest BCUT2D eigenvalue weighted by molar-refractivity contribution is 0.0691. The van der Waals surface area contributed by atoms with Crippen molar-refractivity contribution in [2.45, 2.75) is 6.54 Å². The van der Waals surface area contributed by atoms with E-state index in [2.05, 4.69) is 11.0 Å². The molecule has 0 aliphatic carbocycles. The summed E-state index contributed by atoms with van der Waals surface area (Å²) in [5.74, 6) is 1.40. The van der Waals surface area contributed by atoms with E-state index in [1.54, 1.807) is 18.2 Å². The third-order valence-corrected chi connectivity index (χ3v) is 2.10. The molecule has 1 heterocycles. The van der Waals surface area contributed by atoms with Gasteiger partial charge in [-0.2, -0.15) is 5.10 Å². The molecule has 1 aromatic heterocycles. The van der Waals surface area contributed by atoms with Gasteiger partial charge in [0.05, 0.1) is 5.52 Å². The number of carboxylic acids is 1. The van der Waals surface area contributed by atoms with Crippen LogP contribution in [0.4, 0.5) is 0 Å². The number of nitrogens with zero attached hydrogens (tertiary/aromatic N) is 2. The summed E-state index contributed by atoms with van der Waals surface area (Å²) < 4.78 is 1.51. The zero-order valence-electron chi connectivity index (χ0n) is 7.84. The van der Waals surface area contributed by atoms with Gasteiger partial charge in [-0.3, -0.25) is 4.68 Å². The number of terminal acetylenes is 1. The summed E-state index contributed by atoms with van der Waals surface area (Å²) in [5.41, 5.74) is 0.786. The lowest BCUT2D eigenvalue weighted by Gasteiger charge is -1.95. The van der Waals surface area contributed by atoms with Crippen molar-refractivity contribution in [3.05, 3.63) is 30.0 Å². The van der Waals surface area contributed by atoms with Crippen LogP contribution in [-0.2, 0) is 6.54 Å². The Kier molecular flexibility index (Phi) is 2.14. The van der Waals surface area contributed by atoms with Gasteiger partial charge in [0.1, 0.15) is 6.54 Å². The number of carboxylic acid groups (broad SMARTS) is 1. The highest BCUT2D eigenvalue weighted by Gasteiger charge is 2.14. The predicted molar refractivity (Wildman–Crippen MR) is 55.5 cm³/mol. The van der Waals surface area contributed by atoms with Crippen LogP contribution in [0.1, 0.15) is 10.5 Å². The summed E-state index contributed by atoms with van der Waals surface area (Å²) in [6, 6.07) is 7.12. The molecular weight excluding hydrogens is 192 g/mol. The third-order valence-electron chi connectivity index (χ3n) is 2.10. The van der Waals surface area contributed by atoms with Crippen molar-refractivity contribution in [2.24, 2.45) is 0 Å². The molecule has 1 aromatic carbocycles. The Morgan fingerprint density at radius 2 is 2.27 bits per heavy atom. The Morgan fingerprint density at radius 1 is 1.53 bits per heavy atom. The number of para-hydroxylation sites is 1. The average molecular weight is 200 g/mol. The Morgan fingerprint density at radius 3 is 2.93 bits per heavy atom. The van der Waals surface area contributed by atoms with Crippen molar-refractivity contribution in [2.75, 3.05) is 0 Å². The highest BCUT2D eigenvalue weighted by molar-refractivity contribution is 6.01. The minimum atomic E-state index is -1.04. The van der Waals surface area contributed by atoms with E-state index >= 15 is 0 Å². The van der Waals surface area contributed by atoms with E-state index in [4.69, 9.17) is 11.5 Å². The van der Waals surface area contributed by atoms with Crippen LogP contribution in [0.25, 0.3) is 10.9 Å². The van der Waals surface area contributed by atoms with Crippen LogP contribution in [0.15, 0.2) is 24.3 Å². The van der Waals surface area contributed by atoms with E-state index in [1.807, 2.05) is 6.07 Å². The molecule has 0 fully saturated rings. The van der Waals surface area contributed by atoms with Crippen LogP contribution in [-0.4, -0.2) is 20.9 Å². The van der Waals surface area contributed by atoms with Gasteiger partial charge in [-0.25, -0.2) is 4.79 Å². The number of aromatic carboxylic acids is 1. The predicted octanol–water partition coefficient (Wildman–Crippen LogP) is 1.37. The fourth-order valence-corrected chi connectivity index (χ4v) is 1.49. The summed E-state index contributed by atoms with van der Waals surface area (Å²) >= 11 is 0. The number of fused-ring (bicyclic) bond motifs is 1. The van der Waals surface area contributed by atoms with E-state index < -0.39 is 5.97 Å². The standard InChI is InChI=1S/C11H8N2O2/c1-2-7-13-9-6-4-3-5-8(9)10(12-13)11(14)15/h1,3-6H,7H2,(H,14,15). The molecule has 0 saturated heterocycles. The van der Waals surface area contributed by atoms with Crippen LogP contribution in [0.2, 0.25) is 0 Å². The summed E-state index contributed by atoms with van der Waals surface area (Å²) in [4.78, 5) is 10.9. The first kappa shape index (κ1) is 9.28. The number of aromatic nitrogens is 2. The number of benzene rings is 1. The largest absolute Gasteiger partial charge is 0.476 e. The molecular formula is C11H8N2O2. The van der Waals surface area contributed by atoms with Gasteiger partial charge >= 0.3 is 5.97 Å². The van der Waals surface area contributed by atoms with Crippen molar-refractivity contribution in [3.63, 3.8) is 0 Å². The quantitative estimate of drug-likeness (QED) is 0.745. The molecule has 0 amide bonds. The molecule has 0 aliphatic rings. The molecule has 4 heteroatoms. The SMILES string of the molecule is C#CCn1nc(C(=O)O)c2ccccc21. The van der Waals surface area contributed by atoms with E-state index in [-0.39, 0.29) is 12.2 Å². The normalized spacial score (nSPS) is 10.1. The maximum atomic E-state index is 10.9. The van der Waals surface area contributed by atoms with Gasteiger partial charge in [0.15, 0.2) is 5.69 Å². The van der Waals surface area contributed by atoms with Gasteiger partial charge in [0.2, 0.25) is 0 Å². The number of hydrogen-bond donors (Lipinski definition) is 1. The molecule has 74 valence electrons. The van der Waals surface area contributed by atoms with E-state index in [0.29, 0.717) is 5.39 Å². The van der Waals surface area contributed by atoms with E-state index in [9.17, 15) is 4.79 Å². The van der Waals surface area contributed by atoms with Crippen molar-refractivity contribution < 1.29 is 9.90 Å². The number of rotatable bonds is 2. The van der Waals surface area contributed by atoms with Crippen molar-refractivity contribution >= 4 is 16.9 Å². The molecule has 4 nitrogen and oxygen atoms in total. The molecule has 15 heavy (non-hydrogen) atoms. The van der Waals surface area contributed by atoms with Gasteiger partial charge < -0.3 is 5.11 Å². The second-order valence-corrected chi connectivity index (χ2v) is 3.03. The van der Waals surface area contributed by atoms with Gasteiger partial charge in [-0.1, -0.05) is 24.1 Å². The molecule has 0 unspecified atom stereocenters. The lowest BCUT2D eigenvalue weighted by Crippen LogP contribution is -2.02. The van der Waals surface area contributed by atoms with Crippen LogP contribution >= 0.6 is 0 Å². The molecule has 0 saturated carbocycles. The molecule has 0 spiro atoms. The van der Waals surface area contributed by atoms with Crippen LogP contribution in [0, 0.1) is 12.3 Å². The van der Waals surface area contributed by atoms with E-state index in [0.717, 1.165) is 5.52 Å². The molecule has 0 radical (unpaired) electrons. The summed E-state index contributed by atoms with van der Waals surface area (Å²) in [7, 11) is 0. The molecule has 0 atom stereocenters. The van der Waals surface area contributed by atoms with Gasteiger partial charge in [0, 0.05) is 5.39 Å². The Hall–Kier alpha value is -2.28. The first-order valence-electron chi connectivity index (χ1n) is 4.36. The monoisotopic (exact) mass is 200 g/mol. The molecule has 2 aromatic rings. The van der Waals surface area contributed by atoms with Crippen LogP contribution in [0.3, 0.4) is 0 Å². The van der Waals surface area contributed by atoms with Crippen LogP contribution < -0.4 is 0 Å². The highest BCUT2D eigenvalue weighted by atomic mass is 16.4. The maximum absolute atomic E-state index is 10.9. The van der Waals surface area contributed by atoms with Crippen molar-refractivity contribution in [1.29, 1.82) is 0 Å². The van der Waals surface area contributed by atoms with Gasteiger partial charge in [-0.15, -0.1) is 6.42 Å². The maximum Gasteiger partial charge on any atom is 0.357 e. The fourth-order valence-electron chi connectivity index (χ4n) is 1.49. The minimum Gasteiger partial charge on any atom is -0.476 e. The zero-order valence-corrected chi connectivity index (χ0v) is 7.84. The number of carbonyl (C=O) groups is 1. The van der Waals surface area contributed by atoms with Crippen molar-refractivity contribution in [1.82, 2.24) is 9.78 Å². The second-order valence-electron chi connectivity index (χ2n) is 3.03. The highest BCUT2D eigenvalue weighted by Crippen LogP contribution is 2.17. The minimum absolute atomic E-state index is 0.0425. The molecule has 2 rings (SSSR count).